The first-order chi connectivity index (χ1) is 59.0. The number of carbonyl (C=O) groups excluding carboxylic acids is 9. The lowest BCUT2D eigenvalue weighted by molar-refractivity contribution is 0.0590. The summed E-state index contributed by atoms with van der Waals surface area (Å²) in [5.41, 5.74) is 22.4. The maximum Gasteiger partial charge on any atom is 0.340 e. The molecule has 16 heterocycles. The summed E-state index contributed by atoms with van der Waals surface area (Å²) in [6.45, 7) is 24.5. The van der Waals surface area contributed by atoms with Gasteiger partial charge in [-0.2, -0.15) is 4.40 Å². The van der Waals surface area contributed by atoms with Gasteiger partial charge in [0.25, 0.3) is 11.8 Å². The van der Waals surface area contributed by atoms with Crippen molar-refractivity contribution in [2.75, 3.05) is 33.3 Å². The molecule has 8 aromatic heterocycles. The lowest BCUT2D eigenvalue weighted by atomic mass is 10.1. The quantitative estimate of drug-likeness (QED) is 0.0258. The molecular weight excluding hydrogens is 1760 g/mol. The van der Waals surface area contributed by atoms with Crippen molar-refractivity contribution in [3.63, 3.8) is 0 Å². The highest BCUT2D eigenvalue weighted by molar-refractivity contribution is 9.10. The normalized spacial score (nSPS) is 15.8. The van der Waals surface area contributed by atoms with Gasteiger partial charge in [-0.15, -0.1) is 0 Å². The fourth-order valence-electron chi connectivity index (χ4n) is 15.4. The van der Waals surface area contributed by atoms with E-state index in [4.69, 9.17) is 48.3 Å². The number of ether oxygens (including phenoxy) is 4. The molecule has 0 fully saturated rings. The molecule has 672 valence electrons. The summed E-state index contributed by atoms with van der Waals surface area (Å²) in [7, 11) is 1.80. The van der Waals surface area contributed by atoms with Gasteiger partial charge in [0.1, 0.15) is 21.4 Å². The fraction of sp³-hybridized carbons (Fsp3) is 0.500. The number of pyridine rings is 2. The van der Waals surface area contributed by atoms with Crippen molar-refractivity contribution in [1.29, 1.82) is 0 Å². The van der Waals surface area contributed by atoms with Gasteiger partial charge in [0, 0.05) is 110 Å². The van der Waals surface area contributed by atoms with Gasteiger partial charge in [-0.1, -0.05) is 23.2 Å². The lowest BCUT2D eigenvalue weighted by Crippen LogP contribution is -2.34. The summed E-state index contributed by atoms with van der Waals surface area (Å²) in [5.74, 6) is -1.06. The first kappa shape index (κ1) is 98.7. The van der Waals surface area contributed by atoms with Crippen molar-refractivity contribution in [3.05, 3.63) is 188 Å². The Morgan fingerprint density at radius 2 is 0.919 bits per heavy atom. The SMILES string of the molecule is CC(C)(C)S(N)=O.COC(=O)c1cc2n(c1C=NS(=O)C(C)(C)C)CCCC2.COC(=O)c1cc2n(c1C=O)CCCC2.COC(=O)c1cc2n(c1CN)CCCC2.COC(=O)c1cc2n(c1CNS(=O)C(C)(C)C)CCCC2.O=C1NCc2c1cc1n2CCCC1.O=Cc1c(Cl)ccnc1Br.O=Cc1c(Cl)ccnc1N1Cc2c(cc3n2CCCC3)C1=O. The van der Waals surface area contributed by atoms with Crippen LogP contribution in [0.15, 0.2) is 69.9 Å². The molecule has 0 spiro atoms. The molecule has 0 radical (unpaired) electrons. The van der Waals surface area contributed by atoms with Gasteiger partial charge in [-0.25, -0.2) is 46.5 Å². The van der Waals surface area contributed by atoms with E-state index in [-0.39, 0.29) is 44.8 Å². The predicted octanol–water partition coefficient (Wildman–Crippen LogP) is 13.8. The van der Waals surface area contributed by atoms with E-state index in [1.165, 1.54) is 95.0 Å². The van der Waals surface area contributed by atoms with Crippen LogP contribution in [-0.2, 0) is 156 Å². The zero-order valence-electron chi connectivity index (χ0n) is 72.9. The van der Waals surface area contributed by atoms with E-state index in [0.717, 1.165) is 182 Å². The van der Waals surface area contributed by atoms with Crippen LogP contribution in [0.4, 0.5) is 5.82 Å². The average Bonchev–Trinajstić information content (AvgIpc) is 1.59. The molecule has 16 rings (SSSR count). The van der Waals surface area contributed by atoms with Crippen LogP contribution in [0, 0.1) is 0 Å². The summed E-state index contributed by atoms with van der Waals surface area (Å²) in [4.78, 5) is 113. The second kappa shape index (κ2) is 44.8. The molecule has 8 aliphatic heterocycles. The topological polar surface area (TPSA) is 389 Å². The highest BCUT2D eigenvalue weighted by atomic mass is 79.9. The minimum atomic E-state index is -1.34. The van der Waals surface area contributed by atoms with Gasteiger partial charge >= 0.3 is 23.9 Å². The number of amides is 2. The van der Waals surface area contributed by atoms with E-state index < -0.39 is 43.7 Å². The van der Waals surface area contributed by atoms with Crippen molar-refractivity contribution >= 4 is 139 Å². The van der Waals surface area contributed by atoms with E-state index in [1.54, 1.807) is 29.3 Å². The van der Waals surface area contributed by atoms with Crippen molar-refractivity contribution in [1.82, 2.24) is 47.4 Å². The van der Waals surface area contributed by atoms with Crippen LogP contribution in [0.2, 0.25) is 10.0 Å². The van der Waals surface area contributed by atoms with Crippen LogP contribution in [-0.4, -0.2) is 153 Å². The van der Waals surface area contributed by atoms with Crippen molar-refractivity contribution in [2.45, 2.75) is 258 Å². The molecule has 124 heavy (non-hydrogen) atoms. The lowest BCUT2D eigenvalue weighted by Gasteiger charge is -2.21. The van der Waals surface area contributed by atoms with Crippen molar-refractivity contribution in [2.24, 2.45) is 15.3 Å². The molecular formula is C88H115BrCl2N14O16S3. The average molecular weight is 1870 g/mol. The molecule has 8 aromatic rings. The van der Waals surface area contributed by atoms with Crippen molar-refractivity contribution in [3.8, 4) is 0 Å². The number of aldehydes is 3. The molecule has 3 unspecified atom stereocenters. The van der Waals surface area contributed by atoms with Gasteiger partial charge < -0.3 is 57.4 Å². The highest BCUT2D eigenvalue weighted by Crippen LogP contribution is 2.36. The summed E-state index contributed by atoms with van der Waals surface area (Å²) in [5, 5.41) is 8.62. The number of aryl methyl sites for hydroxylation is 6. The molecule has 0 aromatic carbocycles. The number of aromatic nitrogens is 8. The number of halogens is 3. The summed E-state index contributed by atoms with van der Waals surface area (Å²) in [6, 6.07) is 14.7. The van der Waals surface area contributed by atoms with E-state index >= 15 is 0 Å². The first-order valence-electron chi connectivity index (χ1n) is 41.5. The minimum Gasteiger partial charge on any atom is -0.465 e. The van der Waals surface area contributed by atoms with E-state index in [2.05, 4.69) is 74.0 Å². The molecule has 30 nitrogen and oxygen atoms in total. The number of nitrogens with two attached hydrogens (primary N) is 2. The minimum absolute atomic E-state index is 0.102. The second-order valence-electron chi connectivity index (χ2n) is 33.3. The molecule has 2 amide bonds. The summed E-state index contributed by atoms with van der Waals surface area (Å²) in [6.07, 6.45) is 26.5. The highest BCUT2D eigenvalue weighted by Gasteiger charge is 2.37. The molecule has 0 aliphatic carbocycles. The third-order valence-corrected chi connectivity index (χ3v) is 27.4. The Morgan fingerprint density at radius 1 is 0.524 bits per heavy atom. The molecule has 8 aliphatic rings. The molecule has 3 atom stereocenters. The number of nitrogens with one attached hydrogen (secondary N) is 2. The van der Waals surface area contributed by atoms with Gasteiger partial charge in [0.15, 0.2) is 18.9 Å². The third kappa shape index (κ3) is 24.1. The Hall–Kier alpha value is -9.13. The Morgan fingerprint density at radius 3 is 1.35 bits per heavy atom. The molecule has 0 saturated heterocycles. The van der Waals surface area contributed by atoms with Crippen molar-refractivity contribution < 1.29 is 74.7 Å². The van der Waals surface area contributed by atoms with Crippen LogP contribution >= 0.6 is 39.1 Å². The number of nitrogens with zero attached hydrogens (tertiary/aromatic N) is 10. The van der Waals surface area contributed by atoms with E-state index in [0.29, 0.717) is 91.9 Å². The van der Waals surface area contributed by atoms with Gasteiger partial charge in [0.2, 0.25) is 0 Å². The van der Waals surface area contributed by atoms with Crippen LogP contribution in [0.3, 0.4) is 0 Å². The largest absolute Gasteiger partial charge is 0.465 e. The number of hydrogen-bond acceptors (Lipinski definition) is 19. The van der Waals surface area contributed by atoms with Crippen LogP contribution in [0.5, 0.6) is 0 Å². The third-order valence-electron chi connectivity index (χ3n) is 22.0. The van der Waals surface area contributed by atoms with Gasteiger partial charge in [-0.3, -0.25) is 34.0 Å². The maximum absolute atomic E-state index is 12.7. The number of fused-ring (bicyclic) bond motifs is 10. The number of carbonyl (C=O) groups is 9. The Bertz CT molecular complexity index is 5320. The molecule has 6 N–H and O–H groups in total. The number of esters is 4. The Kier molecular flexibility index (Phi) is 35.7. The number of methoxy groups -OCH3 is 4. The van der Waals surface area contributed by atoms with Crippen LogP contribution in [0.1, 0.15) is 295 Å². The van der Waals surface area contributed by atoms with Gasteiger partial charge in [0.05, 0.1) is 161 Å². The summed E-state index contributed by atoms with van der Waals surface area (Å²) >= 11 is 14.8. The fourth-order valence-corrected chi connectivity index (χ4v) is 17.5. The molecule has 36 heteroatoms. The zero-order chi connectivity index (χ0) is 90.7. The van der Waals surface area contributed by atoms with E-state index in [1.807, 2.05) is 91.1 Å². The monoisotopic (exact) mass is 1870 g/mol. The predicted molar refractivity (Wildman–Crippen MR) is 484 cm³/mol. The van der Waals surface area contributed by atoms with Gasteiger partial charge in [-0.05, 0) is 242 Å². The summed E-state index contributed by atoms with van der Waals surface area (Å²) < 4.78 is 73.2. The second-order valence-corrected chi connectivity index (χ2v) is 40.7. The number of rotatable bonds is 14. The smallest absolute Gasteiger partial charge is 0.340 e. The number of hydrogen-bond donors (Lipinski definition) is 4. The molecule has 0 saturated carbocycles. The Labute approximate surface area is 750 Å². The van der Waals surface area contributed by atoms with Crippen LogP contribution < -0.4 is 25.8 Å². The van der Waals surface area contributed by atoms with E-state index in [9.17, 15) is 55.8 Å². The molecule has 0 bridgehead atoms. The Balaban J connectivity index is 0.000000164. The van der Waals surface area contributed by atoms with Crippen LogP contribution in [0.25, 0.3) is 0 Å². The maximum atomic E-state index is 12.7. The number of anilines is 1. The standard InChI is InChI=1S/C16H14ClN3O2.C15H24N2O3S.C15H22N2O3S.C11H16N2O2.C11H13NO3.C10H12N2O.C6H3BrClNO.C4H11NOS/c17-13-4-5-18-15(12(13)9-21)20-8-14-11(16(20)22)7-10-3-1-2-6-19(10)14;2*1-15(2,3)21(19)16-10-13-12(14(18)20-4)9-11-7-5-6-8-17(11)13;1-15-11(14)9-6-8-4-2-3-5-13(8)10(9)7-12;1-15-11(14)9-6-8-4-2-3-5-12(8)10(9)7-13;13-10-8-5-7-3-1-2-4-12(7)9(8)6-11-10;7-6-4(3-10)5(8)1-2-9-6;1-4(2,3)7(5)6/h4-5,7,9H,1-3,6,8H2;9,16H,5-8,10H2,1-4H3;9-10H,5-8H2,1-4H3;6H,2-5,7,12H2,1H3;6-7H,2-5H2,1H3;5H,1-4,6H2,(H,11,13);1-3H;5H2,1-3H3. The zero-order valence-corrected chi connectivity index (χ0v) is 78.4. The first-order valence-corrected chi connectivity index (χ1v) is 46.5.